The topological polar surface area (TPSA) is 72.2 Å². The molecular formula is C15H18N2O3S. The summed E-state index contributed by atoms with van der Waals surface area (Å²) in [7, 11) is 0. The number of aromatic nitrogens is 2. The molecule has 0 aliphatic carbocycles. The number of rotatable bonds is 5. The van der Waals surface area contributed by atoms with Gasteiger partial charge in [0.25, 0.3) is 0 Å². The standard InChI is InChI=1S/C15H18N2O3S/c1-9(14(18)19)7-13-10(2)16-15(20)17(11(13)3)8-12-5-4-6-21-12/h4-6,9H,7-8H2,1-3H3,(H,18,19). The summed E-state index contributed by atoms with van der Waals surface area (Å²) in [5, 5.41) is 11.0. The van der Waals surface area contributed by atoms with Gasteiger partial charge in [0.05, 0.1) is 12.5 Å². The van der Waals surface area contributed by atoms with Crippen molar-refractivity contribution in [1.29, 1.82) is 0 Å². The number of aryl methyl sites for hydroxylation is 1. The van der Waals surface area contributed by atoms with E-state index in [4.69, 9.17) is 5.11 Å². The first-order valence-corrected chi connectivity index (χ1v) is 7.60. The highest BCUT2D eigenvalue weighted by atomic mass is 32.1. The lowest BCUT2D eigenvalue weighted by molar-refractivity contribution is -0.141. The quantitative estimate of drug-likeness (QED) is 0.919. The van der Waals surface area contributed by atoms with E-state index in [0.717, 1.165) is 16.1 Å². The van der Waals surface area contributed by atoms with Gasteiger partial charge in [0.2, 0.25) is 0 Å². The molecule has 0 saturated carbocycles. The Morgan fingerprint density at radius 2 is 2.19 bits per heavy atom. The van der Waals surface area contributed by atoms with Crippen molar-refractivity contribution in [2.24, 2.45) is 5.92 Å². The molecule has 112 valence electrons. The molecule has 5 nitrogen and oxygen atoms in total. The Morgan fingerprint density at radius 1 is 1.48 bits per heavy atom. The summed E-state index contributed by atoms with van der Waals surface area (Å²) in [6, 6.07) is 3.91. The largest absolute Gasteiger partial charge is 0.481 e. The second-order valence-electron chi connectivity index (χ2n) is 5.15. The van der Waals surface area contributed by atoms with E-state index in [1.165, 1.54) is 0 Å². The van der Waals surface area contributed by atoms with Crippen molar-refractivity contribution in [2.45, 2.75) is 33.7 Å². The molecule has 1 atom stereocenters. The van der Waals surface area contributed by atoms with E-state index in [9.17, 15) is 9.59 Å². The lowest BCUT2D eigenvalue weighted by Crippen LogP contribution is -2.29. The van der Waals surface area contributed by atoms with Crippen LogP contribution < -0.4 is 5.69 Å². The van der Waals surface area contributed by atoms with Crippen molar-refractivity contribution < 1.29 is 9.90 Å². The van der Waals surface area contributed by atoms with Crippen LogP contribution in [-0.4, -0.2) is 20.6 Å². The minimum absolute atomic E-state index is 0.287. The van der Waals surface area contributed by atoms with Crippen molar-refractivity contribution >= 4 is 17.3 Å². The highest BCUT2D eigenvalue weighted by molar-refractivity contribution is 7.09. The SMILES string of the molecule is Cc1nc(=O)n(Cc2cccs2)c(C)c1CC(C)C(=O)O. The van der Waals surface area contributed by atoms with E-state index in [0.29, 0.717) is 18.7 Å². The van der Waals surface area contributed by atoms with Crippen LogP contribution in [0.1, 0.15) is 28.8 Å². The Hall–Kier alpha value is -1.95. The molecule has 0 aromatic carbocycles. The first-order valence-electron chi connectivity index (χ1n) is 6.72. The van der Waals surface area contributed by atoms with E-state index in [-0.39, 0.29) is 5.69 Å². The molecule has 0 spiro atoms. The fourth-order valence-electron chi connectivity index (χ4n) is 2.27. The Bertz CT molecular complexity index is 704. The van der Waals surface area contributed by atoms with Crippen molar-refractivity contribution in [2.75, 3.05) is 0 Å². The Balaban J connectivity index is 2.42. The summed E-state index contributed by atoms with van der Waals surface area (Å²) in [6.07, 6.45) is 0.380. The van der Waals surface area contributed by atoms with E-state index >= 15 is 0 Å². The number of nitrogens with zero attached hydrogens (tertiary/aromatic N) is 2. The molecule has 2 heterocycles. The fraction of sp³-hybridized carbons (Fsp3) is 0.400. The first kappa shape index (κ1) is 15.4. The zero-order valence-electron chi connectivity index (χ0n) is 12.3. The average Bonchev–Trinajstić information content (AvgIpc) is 2.92. The summed E-state index contributed by atoms with van der Waals surface area (Å²) in [5.74, 6) is -1.35. The van der Waals surface area contributed by atoms with Gasteiger partial charge in [0, 0.05) is 16.3 Å². The summed E-state index contributed by atoms with van der Waals surface area (Å²) in [4.78, 5) is 28.3. The third kappa shape index (κ3) is 3.39. The van der Waals surface area contributed by atoms with Crippen LogP contribution in [0.3, 0.4) is 0 Å². The van der Waals surface area contributed by atoms with Crippen LogP contribution >= 0.6 is 11.3 Å². The second kappa shape index (κ2) is 6.22. The maximum absolute atomic E-state index is 12.1. The number of carbonyl (C=O) groups is 1. The molecule has 2 aromatic heterocycles. The fourth-order valence-corrected chi connectivity index (χ4v) is 2.97. The minimum Gasteiger partial charge on any atom is -0.481 e. The van der Waals surface area contributed by atoms with Crippen LogP contribution in [0.15, 0.2) is 22.3 Å². The Labute approximate surface area is 126 Å². The Kier molecular flexibility index (Phi) is 4.57. The molecule has 0 amide bonds. The van der Waals surface area contributed by atoms with Crippen LogP contribution in [-0.2, 0) is 17.8 Å². The van der Waals surface area contributed by atoms with E-state index in [1.54, 1.807) is 29.8 Å². The number of carboxylic acid groups (broad SMARTS) is 1. The zero-order chi connectivity index (χ0) is 15.6. The molecule has 2 aromatic rings. The van der Waals surface area contributed by atoms with Crippen LogP contribution in [0.5, 0.6) is 0 Å². The van der Waals surface area contributed by atoms with Gasteiger partial charge >= 0.3 is 11.7 Å². The van der Waals surface area contributed by atoms with Crippen LogP contribution in [0.25, 0.3) is 0 Å². The van der Waals surface area contributed by atoms with Gasteiger partial charge in [-0.15, -0.1) is 11.3 Å². The maximum Gasteiger partial charge on any atom is 0.348 e. The molecule has 0 saturated heterocycles. The predicted octanol–water partition coefficient (Wildman–Crippen LogP) is 2.23. The first-order chi connectivity index (χ1) is 9.90. The molecule has 0 fully saturated rings. The molecule has 6 heteroatoms. The summed E-state index contributed by atoms with van der Waals surface area (Å²) >= 11 is 1.58. The van der Waals surface area contributed by atoms with Gasteiger partial charge < -0.3 is 5.11 Å². The van der Waals surface area contributed by atoms with Crippen molar-refractivity contribution in [3.05, 3.63) is 49.8 Å². The summed E-state index contributed by atoms with van der Waals surface area (Å²) in [6.45, 7) is 5.75. The third-order valence-electron chi connectivity index (χ3n) is 3.60. The van der Waals surface area contributed by atoms with E-state index in [2.05, 4.69) is 4.98 Å². The van der Waals surface area contributed by atoms with Crippen molar-refractivity contribution in [1.82, 2.24) is 9.55 Å². The minimum atomic E-state index is -0.843. The maximum atomic E-state index is 12.1. The van der Waals surface area contributed by atoms with E-state index < -0.39 is 11.9 Å². The zero-order valence-corrected chi connectivity index (χ0v) is 13.1. The van der Waals surface area contributed by atoms with Gasteiger partial charge in [-0.2, -0.15) is 4.98 Å². The lowest BCUT2D eigenvalue weighted by atomic mass is 9.99. The van der Waals surface area contributed by atoms with Gasteiger partial charge in [-0.1, -0.05) is 13.0 Å². The van der Waals surface area contributed by atoms with Crippen LogP contribution in [0, 0.1) is 19.8 Å². The molecule has 1 N–H and O–H groups in total. The molecule has 0 aliphatic heterocycles. The summed E-state index contributed by atoms with van der Waals surface area (Å²) < 4.78 is 1.61. The molecule has 21 heavy (non-hydrogen) atoms. The molecule has 0 bridgehead atoms. The Morgan fingerprint density at radius 3 is 2.76 bits per heavy atom. The highest BCUT2D eigenvalue weighted by Crippen LogP contribution is 2.17. The number of aliphatic carboxylic acids is 1. The molecule has 0 radical (unpaired) electrons. The molecule has 0 aliphatic rings. The van der Waals surface area contributed by atoms with Gasteiger partial charge in [-0.25, -0.2) is 4.79 Å². The predicted molar refractivity (Wildman–Crippen MR) is 81.9 cm³/mol. The van der Waals surface area contributed by atoms with E-state index in [1.807, 2.05) is 24.4 Å². The second-order valence-corrected chi connectivity index (χ2v) is 6.18. The van der Waals surface area contributed by atoms with Gasteiger partial charge in [0.15, 0.2) is 0 Å². The molecule has 2 rings (SSSR count). The lowest BCUT2D eigenvalue weighted by Gasteiger charge is -2.16. The van der Waals surface area contributed by atoms with Crippen molar-refractivity contribution in [3.8, 4) is 0 Å². The van der Waals surface area contributed by atoms with Crippen molar-refractivity contribution in [3.63, 3.8) is 0 Å². The number of hydrogen-bond donors (Lipinski definition) is 1. The highest BCUT2D eigenvalue weighted by Gasteiger charge is 2.18. The molecule has 1 unspecified atom stereocenters. The smallest absolute Gasteiger partial charge is 0.348 e. The van der Waals surface area contributed by atoms with Gasteiger partial charge in [-0.3, -0.25) is 9.36 Å². The average molecular weight is 306 g/mol. The number of thiophene rings is 1. The van der Waals surface area contributed by atoms with Crippen LogP contribution in [0.2, 0.25) is 0 Å². The van der Waals surface area contributed by atoms with Gasteiger partial charge in [0.1, 0.15) is 0 Å². The number of hydrogen-bond acceptors (Lipinski definition) is 4. The molecular weight excluding hydrogens is 288 g/mol. The van der Waals surface area contributed by atoms with Gasteiger partial charge in [-0.05, 0) is 37.3 Å². The normalized spacial score (nSPS) is 12.3. The summed E-state index contributed by atoms with van der Waals surface area (Å²) in [5.41, 5.74) is 1.98. The third-order valence-corrected chi connectivity index (χ3v) is 4.46. The monoisotopic (exact) mass is 306 g/mol. The number of carboxylic acids is 1. The van der Waals surface area contributed by atoms with Crippen LogP contribution in [0.4, 0.5) is 0 Å².